The van der Waals surface area contributed by atoms with Crippen LogP contribution in [0.2, 0.25) is 0 Å². The van der Waals surface area contributed by atoms with Gasteiger partial charge in [0, 0.05) is 19.1 Å². The van der Waals surface area contributed by atoms with Crippen LogP contribution in [0.5, 0.6) is 0 Å². The van der Waals surface area contributed by atoms with Gasteiger partial charge in [-0.25, -0.2) is 0 Å². The Morgan fingerprint density at radius 1 is 1.11 bits per heavy atom. The maximum absolute atomic E-state index is 13.1. The van der Waals surface area contributed by atoms with Crippen LogP contribution in [0, 0.1) is 12.8 Å². The summed E-state index contributed by atoms with van der Waals surface area (Å²) in [5.41, 5.74) is 3.43. The number of piperazine rings is 1. The fraction of sp³-hybridized carbons (Fsp3) is 0.391. The summed E-state index contributed by atoms with van der Waals surface area (Å²) in [5.74, 6) is -0.467. The predicted molar refractivity (Wildman–Crippen MR) is 106 cm³/mol. The van der Waals surface area contributed by atoms with Crippen molar-refractivity contribution in [2.24, 2.45) is 5.92 Å². The summed E-state index contributed by atoms with van der Waals surface area (Å²) < 4.78 is 5.07. The lowest BCUT2D eigenvalue weighted by Gasteiger charge is -2.40. The number of esters is 1. The zero-order valence-corrected chi connectivity index (χ0v) is 16.4. The molecule has 0 aromatic heterocycles. The molecule has 2 fully saturated rings. The van der Waals surface area contributed by atoms with E-state index in [9.17, 15) is 9.59 Å². The van der Waals surface area contributed by atoms with Crippen LogP contribution in [0.1, 0.15) is 29.2 Å². The Labute approximate surface area is 165 Å². The Morgan fingerprint density at radius 2 is 1.82 bits per heavy atom. The van der Waals surface area contributed by atoms with Crippen molar-refractivity contribution in [2.45, 2.75) is 32.0 Å². The molecule has 2 aliphatic rings. The summed E-state index contributed by atoms with van der Waals surface area (Å²) in [6, 6.07) is 18.1. The van der Waals surface area contributed by atoms with Crippen LogP contribution in [0.25, 0.3) is 0 Å². The van der Waals surface area contributed by atoms with Gasteiger partial charge in [0.2, 0.25) is 5.91 Å². The topological polar surface area (TPSA) is 49.9 Å². The van der Waals surface area contributed by atoms with E-state index < -0.39 is 0 Å². The Balaban J connectivity index is 1.57. The fourth-order valence-corrected chi connectivity index (χ4v) is 4.61. The van der Waals surface area contributed by atoms with E-state index in [0.717, 1.165) is 18.7 Å². The molecule has 4 rings (SSSR count). The maximum Gasteiger partial charge on any atom is 0.311 e. The Hall–Kier alpha value is -2.66. The number of amides is 1. The first kappa shape index (κ1) is 18.7. The number of carbonyl (C=O) groups is 2. The minimum absolute atomic E-state index is 0.0287. The number of ether oxygens (including phenoxy) is 1. The summed E-state index contributed by atoms with van der Waals surface area (Å²) >= 11 is 0. The van der Waals surface area contributed by atoms with Crippen LogP contribution >= 0.6 is 0 Å². The van der Waals surface area contributed by atoms with Crippen molar-refractivity contribution < 1.29 is 14.3 Å². The SMILES string of the molecule is COC(=O)[C@H]1C[C@H]2CN(Cc3ccc(C)cc3)CC(=O)N2[C@H]1c1ccccc1. The van der Waals surface area contributed by atoms with E-state index in [0.29, 0.717) is 13.0 Å². The normalized spacial score (nSPS) is 24.9. The highest BCUT2D eigenvalue weighted by Gasteiger charge is 2.50. The highest BCUT2D eigenvalue weighted by Crippen LogP contribution is 2.43. The molecule has 5 nitrogen and oxygen atoms in total. The monoisotopic (exact) mass is 378 g/mol. The average Bonchev–Trinajstić information content (AvgIpc) is 3.10. The van der Waals surface area contributed by atoms with Gasteiger partial charge in [-0.1, -0.05) is 60.2 Å². The second-order valence-electron chi connectivity index (χ2n) is 7.83. The Bertz CT molecular complexity index is 850. The minimum atomic E-state index is -0.319. The number of benzene rings is 2. The maximum atomic E-state index is 13.1. The highest BCUT2D eigenvalue weighted by molar-refractivity contribution is 5.83. The zero-order valence-electron chi connectivity index (χ0n) is 16.4. The van der Waals surface area contributed by atoms with E-state index in [1.807, 2.05) is 35.2 Å². The number of fused-ring (bicyclic) bond motifs is 1. The molecule has 0 aliphatic carbocycles. The first-order valence-electron chi connectivity index (χ1n) is 9.78. The fourth-order valence-electron chi connectivity index (χ4n) is 4.61. The van der Waals surface area contributed by atoms with Gasteiger partial charge in [0.15, 0.2) is 0 Å². The Kier molecular flexibility index (Phi) is 5.18. The zero-order chi connectivity index (χ0) is 19.7. The molecule has 0 radical (unpaired) electrons. The lowest BCUT2D eigenvalue weighted by atomic mass is 9.93. The smallest absolute Gasteiger partial charge is 0.311 e. The summed E-state index contributed by atoms with van der Waals surface area (Å²) in [4.78, 5) is 29.7. The first-order valence-corrected chi connectivity index (χ1v) is 9.78. The molecule has 0 N–H and O–H groups in total. The van der Waals surface area contributed by atoms with E-state index in [1.165, 1.54) is 18.2 Å². The van der Waals surface area contributed by atoms with Crippen molar-refractivity contribution in [3.05, 3.63) is 71.3 Å². The molecule has 28 heavy (non-hydrogen) atoms. The van der Waals surface area contributed by atoms with Gasteiger partial charge in [0.1, 0.15) is 0 Å². The van der Waals surface area contributed by atoms with E-state index in [2.05, 4.69) is 36.1 Å². The van der Waals surface area contributed by atoms with Gasteiger partial charge >= 0.3 is 5.97 Å². The van der Waals surface area contributed by atoms with Crippen LogP contribution in [0.15, 0.2) is 54.6 Å². The standard InChI is InChI=1S/C23H26N2O3/c1-16-8-10-17(11-9-16)13-24-14-19-12-20(23(27)28-2)22(25(19)21(26)15-24)18-6-4-3-5-7-18/h3-11,19-20,22H,12-15H2,1-2H3/t19-,20-,22-/m0/s1. The van der Waals surface area contributed by atoms with Crippen LogP contribution < -0.4 is 0 Å². The predicted octanol–water partition coefficient (Wildman–Crippen LogP) is 2.94. The number of carbonyl (C=O) groups excluding carboxylic acids is 2. The summed E-state index contributed by atoms with van der Waals surface area (Å²) in [6.07, 6.45) is 0.641. The molecule has 2 aromatic rings. The lowest BCUT2D eigenvalue weighted by Crippen LogP contribution is -2.53. The molecule has 146 valence electrons. The number of hydrogen-bond acceptors (Lipinski definition) is 4. The van der Waals surface area contributed by atoms with Crippen molar-refractivity contribution in [1.29, 1.82) is 0 Å². The lowest BCUT2D eigenvalue weighted by molar-refractivity contribution is -0.147. The first-order chi connectivity index (χ1) is 13.6. The molecule has 0 spiro atoms. The molecule has 5 heteroatoms. The minimum Gasteiger partial charge on any atom is -0.469 e. The molecule has 1 amide bonds. The molecule has 2 aliphatic heterocycles. The van der Waals surface area contributed by atoms with Crippen LogP contribution in [-0.4, -0.2) is 47.9 Å². The van der Waals surface area contributed by atoms with Crippen LogP contribution in [0.4, 0.5) is 0 Å². The van der Waals surface area contributed by atoms with Crippen molar-refractivity contribution in [3.63, 3.8) is 0 Å². The van der Waals surface area contributed by atoms with Gasteiger partial charge in [-0.05, 0) is 24.5 Å². The molecule has 0 saturated carbocycles. The molecular weight excluding hydrogens is 352 g/mol. The second-order valence-corrected chi connectivity index (χ2v) is 7.83. The molecule has 0 bridgehead atoms. The largest absolute Gasteiger partial charge is 0.469 e. The van der Waals surface area contributed by atoms with Gasteiger partial charge in [0.05, 0.1) is 25.6 Å². The van der Waals surface area contributed by atoms with Gasteiger partial charge in [-0.15, -0.1) is 0 Å². The van der Waals surface area contributed by atoms with Crippen molar-refractivity contribution in [1.82, 2.24) is 9.80 Å². The number of methoxy groups -OCH3 is 1. The summed E-state index contributed by atoms with van der Waals surface area (Å²) in [5, 5.41) is 0. The quantitative estimate of drug-likeness (QED) is 0.768. The molecule has 2 saturated heterocycles. The van der Waals surface area contributed by atoms with Gasteiger partial charge in [-0.2, -0.15) is 0 Å². The number of aryl methyl sites for hydroxylation is 1. The van der Waals surface area contributed by atoms with Crippen molar-refractivity contribution >= 4 is 11.9 Å². The molecule has 2 heterocycles. The second kappa shape index (κ2) is 7.76. The van der Waals surface area contributed by atoms with Gasteiger partial charge in [0.25, 0.3) is 0 Å². The third kappa shape index (κ3) is 3.54. The van der Waals surface area contributed by atoms with E-state index in [1.54, 1.807) is 0 Å². The Morgan fingerprint density at radius 3 is 2.50 bits per heavy atom. The van der Waals surface area contributed by atoms with Crippen LogP contribution in [0.3, 0.4) is 0 Å². The molecule has 0 unspecified atom stereocenters. The third-order valence-electron chi connectivity index (χ3n) is 5.89. The average molecular weight is 378 g/mol. The van der Waals surface area contributed by atoms with E-state index in [-0.39, 0.29) is 29.9 Å². The van der Waals surface area contributed by atoms with Crippen LogP contribution in [-0.2, 0) is 20.9 Å². The summed E-state index contributed by atoms with van der Waals surface area (Å²) in [7, 11) is 1.42. The third-order valence-corrected chi connectivity index (χ3v) is 5.89. The van der Waals surface area contributed by atoms with E-state index >= 15 is 0 Å². The molecule has 2 aromatic carbocycles. The van der Waals surface area contributed by atoms with Gasteiger partial charge in [-0.3, -0.25) is 14.5 Å². The molecular formula is C23H26N2O3. The van der Waals surface area contributed by atoms with Crippen molar-refractivity contribution in [3.8, 4) is 0 Å². The summed E-state index contributed by atoms with van der Waals surface area (Å²) in [6.45, 7) is 3.97. The number of nitrogens with zero attached hydrogens (tertiary/aromatic N) is 2. The van der Waals surface area contributed by atoms with Gasteiger partial charge < -0.3 is 9.64 Å². The van der Waals surface area contributed by atoms with E-state index in [4.69, 9.17) is 4.74 Å². The number of hydrogen-bond donors (Lipinski definition) is 0. The van der Waals surface area contributed by atoms with Crippen molar-refractivity contribution in [2.75, 3.05) is 20.2 Å². The highest BCUT2D eigenvalue weighted by atomic mass is 16.5. The number of rotatable bonds is 4. The molecule has 3 atom stereocenters.